The molecule has 0 saturated carbocycles. The average Bonchev–Trinajstić information content (AvgIpc) is 3.19. The Morgan fingerprint density at radius 3 is 2.50 bits per heavy atom. The summed E-state index contributed by atoms with van der Waals surface area (Å²) in [5.41, 5.74) is 2.16. The van der Waals surface area contributed by atoms with Crippen molar-refractivity contribution in [3.05, 3.63) is 46.5 Å². The van der Waals surface area contributed by atoms with E-state index in [-0.39, 0.29) is 5.69 Å². The van der Waals surface area contributed by atoms with Crippen molar-refractivity contribution in [1.82, 2.24) is 9.97 Å². The Morgan fingerprint density at radius 2 is 1.77 bits per heavy atom. The molecule has 3 rings (SSSR count). The normalized spacial score (nSPS) is 11.0. The number of nitrogens with one attached hydrogen (secondary N) is 1. The molecule has 1 heterocycles. The number of benzene rings is 2. The summed E-state index contributed by atoms with van der Waals surface area (Å²) in [7, 11) is 1.61. The van der Waals surface area contributed by atoms with Gasteiger partial charge in [0.25, 0.3) is 5.69 Å². The number of unbranched alkanes of at least 4 members (excludes halogenated alkanes) is 6. The molecular weight excluding hydrogens is 382 g/mol. The van der Waals surface area contributed by atoms with Gasteiger partial charge in [-0.25, -0.2) is 4.98 Å². The number of non-ortho nitro benzene ring substituents is 1. The van der Waals surface area contributed by atoms with Crippen molar-refractivity contribution in [1.29, 1.82) is 0 Å². The van der Waals surface area contributed by atoms with Crippen LogP contribution >= 0.6 is 0 Å². The molecule has 7 nitrogen and oxygen atoms in total. The first-order valence-corrected chi connectivity index (χ1v) is 10.6. The number of aromatic nitrogens is 2. The lowest BCUT2D eigenvalue weighted by atomic mass is 10.1. The van der Waals surface area contributed by atoms with Gasteiger partial charge in [-0.3, -0.25) is 10.1 Å². The monoisotopic (exact) mass is 411 g/mol. The molecule has 1 N–H and O–H groups in total. The summed E-state index contributed by atoms with van der Waals surface area (Å²) < 4.78 is 11.4. The number of nitro groups is 1. The van der Waals surface area contributed by atoms with E-state index in [1.165, 1.54) is 50.7 Å². The third-order valence-electron chi connectivity index (χ3n) is 5.12. The van der Waals surface area contributed by atoms with Gasteiger partial charge in [0, 0.05) is 17.7 Å². The molecule has 160 valence electrons. The number of nitrogens with zero attached hydrogens (tertiary/aromatic N) is 2. The molecule has 0 aliphatic carbocycles. The van der Waals surface area contributed by atoms with Gasteiger partial charge in [0.15, 0.2) is 11.5 Å². The molecule has 7 heteroatoms. The van der Waals surface area contributed by atoms with Gasteiger partial charge in [0.2, 0.25) is 0 Å². The van der Waals surface area contributed by atoms with E-state index in [2.05, 4.69) is 16.9 Å². The predicted molar refractivity (Wildman–Crippen MR) is 118 cm³/mol. The average molecular weight is 412 g/mol. The van der Waals surface area contributed by atoms with Gasteiger partial charge in [0.05, 0.1) is 29.7 Å². The van der Waals surface area contributed by atoms with Crippen LogP contribution in [-0.2, 0) is 0 Å². The van der Waals surface area contributed by atoms with Crippen LogP contribution in [0.4, 0.5) is 5.69 Å². The Labute approximate surface area is 176 Å². The number of ether oxygens (including phenoxy) is 2. The third kappa shape index (κ3) is 5.49. The summed E-state index contributed by atoms with van der Waals surface area (Å²) in [4.78, 5) is 18.2. The maximum absolute atomic E-state index is 11.0. The van der Waals surface area contributed by atoms with Crippen LogP contribution in [0.25, 0.3) is 22.4 Å². The van der Waals surface area contributed by atoms with Crippen molar-refractivity contribution < 1.29 is 14.4 Å². The maximum Gasteiger partial charge on any atom is 0.271 e. The van der Waals surface area contributed by atoms with E-state index in [0.717, 1.165) is 12.0 Å². The summed E-state index contributed by atoms with van der Waals surface area (Å²) in [5.74, 6) is 1.98. The number of rotatable bonds is 12. The van der Waals surface area contributed by atoms with Gasteiger partial charge in [-0.05, 0) is 30.7 Å². The molecule has 3 aromatic rings. The van der Waals surface area contributed by atoms with Crippen molar-refractivity contribution >= 4 is 16.7 Å². The second-order valence-corrected chi connectivity index (χ2v) is 7.38. The zero-order valence-corrected chi connectivity index (χ0v) is 17.6. The number of nitro benzene ring substituents is 1. The summed E-state index contributed by atoms with van der Waals surface area (Å²) >= 11 is 0. The van der Waals surface area contributed by atoms with Crippen LogP contribution in [0.1, 0.15) is 51.9 Å². The van der Waals surface area contributed by atoms with Crippen LogP contribution < -0.4 is 9.47 Å². The molecule has 0 aliphatic rings. The largest absolute Gasteiger partial charge is 0.493 e. The number of imidazole rings is 1. The number of hydrogen-bond acceptors (Lipinski definition) is 5. The van der Waals surface area contributed by atoms with Crippen LogP contribution in [0.5, 0.6) is 11.5 Å². The number of hydrogen-bond donors (Lipinski definition) is 1. The van der Waals surface area contributed by atoms with Gasteiger partial charge in [-0.1, -0.05) is 45.4 Å². The van der Waals surface area contributed by atoms with Crippen molar-refractivity contribution in [3.8, 4) is 22.9 Å². The second-order valence-electron chi connectivity index (χ2n) is 7.38. The Balaban J connectivity index is 1.62. The van der Waals surface area contributed by atoms with E-state index in [1.54, 1.807) is 13.2 Å². The third-order valence-corrected chi connectivity index (χ3v) is 5.12. The lowest BCUT2D eigenvalue weighted by Gasteiger charge is -2.11. The Kier molecular flexibility index (Phi) is 7.65. The van der Waals surface area contributed by atoms with Crippen LogP contribution in [0, 0.1) is 10.1 Å². The van der Waals surface area contributed by atoms with Crippen molar-refractivity contribution in [2.24, 2.45) is 0 Å². The molecule has 0 saturated heterocycles. The van der Waals surface area contributed by atoms with Gasteiger partial charge >= 0.3 is 0 Å². The number of aromatic amines is 1. The molecule has 0 radical (unpaired) electrons. The molecule has 0 bridgehead atoms. The first-order chi connectivity index (χ1) is 14.6. The zero-order valence-electron chi connectivity index (χ0n) is 17.6. The van der Waals surface area contributed by atoms with Crippen molar-refractivity contribution in [3.63, 3.8) is 0 Å². The summed E-state index contributed by atoms with van der Waals surface area (Å²) in [5, 5.41) is 11.0. The number of methoxy groups -OCH3 is 1. The molecule has 1 aromatic heterocycles. The SMILES string of the molecule is CCCCCCCCCOc1ccc(-c2nc3ccc([N+](=O)[O-])cc3[nH]2)cc1OC. The summed E-state index contributed by atoms with van der Waals surface area (Å²) in [6.45, 7) is 2.89. The quantitative estimate of drug-likeness (QED) is 0.215. The Bertz CT molecular complexity index is 984. The molecule has 0 atom stereocenters. The summed E-state index contributed by atoms with van der Waals surface area (Å²) in [6, 6.07) is 10.2. The van der Waals surface area contributed by atoms with Crippen LogP contribution in [0.3, 0.4) is 0 Å². The van der Waals surface area contributed by atoms with E-state index >= 15 is 0 Å². The van der Waals surface area contributed by atoms with Gasteiger partial charge in [-0.15, -0.1) is 0 Å². The standard InChI is InChI=1S/C23H29N3O4/c1-3-4-5-6-7-8-9-14-30-21-13-10-17(15-22(21)29-2)23-24-19-12-11-18(26(27)28)16-20(19)25-23/h10-13,15-16H,3-9,14H2,1-2H3,(H,24,25). The van der Waals surface area contributed by atoms with Crippen LogP contribution in [-0.4, -0.2) is 28.6 Å². The molecule has 0 amide bonds. The van der Waals surface area contributed by atoms with E-state index in [0.29, 0.717) is 35.0 Å². The predicted octanol–water partition coefficient (Wildman–Crippen LogP) is 6.28. The topological polar surface area (TPSA) is 90.3 Å². The Morgan fingerprint density at radius 1 is 1.00 bits per heavy atom. The van der Waals surface area contributed by atoms with E-state index in [9.17, 15) is 10.1 Å². The molecule has 2 aromatic carbocycles. The maximum atomic E-state index is 11.0. The number of fused-ring (bicyclic) bond motifs is 1. The molecule has 0 unspecified atom stereocenters. The number of H-pyrrole nitrogens is 1. The van der Waals surface area contributed by atoms with Gasteiger partial charge in [-0.2, -0.15) is 0 Å². The molecule has 0 spiro atoms. The molecule has 0 fully saturated rings. The van der Waals surface area contributed by atoms with Gasteiger partial charge in [0.1, 0.15) is 5.82 Å². The first kappa shape index (κ1) is 21.6. The Hall–Kier alpha value is -3.09. The highest BCUT2D eigenvalue weighted by molar-refractivity contribution is 5.81. The van der Waals surface area contributed by atoms with Crippen molar-refractivity contribution in [2.45, 2.75) is 51.9 Å². The molecule has 0 aliphatic heterocycles. The lowest BCUT2D eigenvalue weighted by molar-refractivity contribution is -0.384. The minimum atomic E-state index is -0.416. The molecule has 30 heavy (non-hydrogen) atoms. The van der Waals surface area contributed by atoms with E-state index in [1.807, 2.05) is 18.2 Å². The van der Waals surface area contributed by atoms with Gasteiger partial charge < -0.3 is 14.5 Å². The fourth-order valence-electron chi connectivity index (χ4n) is 3.42. The molecular formula is C23H29N3O4. The van der Waals surface area contributed by atoms with E-state index in [4.69, 9.17) is 9.47 Å². The second kappa shape index (κ2) is 10.6. The van der Waals surface area contributed by atoms with Crippen LogP contribution in [0.2, 0.25) is 0 Å². The smallest absolute Gasteiger partial charge is 0.271 e. The highest BCUT2D eigenvalue weighted by atomic mass is 16.6. The fraction of sp³-hybridized carbons (Fsp3) is 0.435. The highest BCUT2D eigenvalue weighted by Gasteiger charge is 2.13. The van der Waals surface area contributed by atoms with Crippen molar-refractivity contribution in [2.75, 3.05) is 13.7 Å². The highest BCUT2D eigenvalue weighted by Crippen LogP contribution is 2.33. The van der Waals surface area contributed by atoms with E-state index < -0.39 is 4.92 Å². The first-order valence-electron chi connectivity index (χ1n) is 10.6. The summed E-state index contributed by atoms with van der Waals surface area (Å²) in [6.07, 6.45) is 8.67. The minimum Gasteiger partial charge on any atom is -0.493 e. The zero-order chi connectivity index (χ0) is 21.3. The minimum absolute atomic E-state index is 0.0318. The van der Waals surface area contributed by atoms with Crippen LogP contribution in [0.15, 0.2) is 36.4 Å². The fourth-order valence-corrected chi connectivity index (χ4v) is 3.42. The lowest BCUT2D eigenvalue weighted by Crippen LogP contribution is -1.99.